The fourth-order valence-electron chi connectivity index (χ4n) is 2.63. The van der Waals surface area contributed by atoms with Crippen LogP contribution >= 0.6 is 0 Å². The highest BCUT2D eigenvalue weighted by Crippen LogP contribution is 2.22. The predicted octanol–water partition coefficient (Wildman–Crippen LogP) is 1.98. The lowest BCUT2D eigenvalue weighted by atomic mass is 10.0. The van der Waals surface area contributed by atoms with Gasteiger partial charge in [-0.1, -0.05) is 6.07 Å². The molecule has 0 amide bonds. The summed E-state index contributed by atoms with van der Waals surface area (Å²) in [6.07, 6.45) is 1.93. The van der Waals surface area contributed by atoms with E-state index in [1.165, 1.54) is 22.5 Å². The molecule has 1 aliphatic rings. The van der Waals surface area contributed by atoms with Gasteiger partial charge in [-0.2, -0.15) is 0 Å². The molecule has 112 valence electrons. The number of rotatable bonds is 5. The van der Waals surface area contributed by atoms with Crippen LogP contribution in [-0.4, -0.2) is 33.8 Å². The number of nitrogens with one attached hydrogen (secondary N) is 1. The Morgan fingerprint density at radius 2 is 2.25 bits per heavy atom. The van der Waals surface area contributed by atoms with Gasteiger partial charge in [0.15, 0.2) is 0 Å². The normalized spacial score (nSPS) is 19.8. The zero-order valence-corrected chi connectivity index (χ0v) is 12.5. The third-order valence-corrected chi connectivity index (χ3v) is 5.60. The maximum absolute atomic E-state index is 13.3. The van der Waals surface area contributed by atoms with Crippen molar-refractivity contribution >= 4 is 15.7 Å². The molecular weight excluding hydrogens is 279 g/mol. The summed E-state index contributed by atoms with van der Waals surface area (Å²) in [7, 11) is -3.42. The fraction of sp³-hybridized carbons (Fsp3) is 0.571. The third-order valence-electron chi connectivity index (χ3n) is 3.56. The van der Waals surface area contributed by atoms with Gasteiger partial charge >= 0.3 is 0 Å². The van der Waals surface area contributed by atoms with E-state index in [-0.39, 0.29) is 11.7 Å². The van der Waals surface area contributed by atoms with E-state index in [2.05, 4.69) is 5.32 Å². The average molecular weight is 300 g/mol. The van der Waals surface area contributed by atoms with Crippen molar-refractivity contribution in [2.45, 2.75) is 19.8 Å². The highest BCUT2D eigenvalue weighted by Gasteiger charge is 2.26. The number of sulfonamides is 1. The van der Waals surface area contributed by atoms with Crippen molar-refractivity contribution in [3.8, 4) is 0 Å². The number of hydrogen-bond donors (Lipinski definition) is 1. The minimum atomic E-state index is -3.42. The first-order valence-electron chi connectivity index (χ1n) is 6.99. The average Bonchev–Trinajstić information content (AvgIpc) is 2.39. The van der Waals surface area contributed by atoms with Crippen LogP contribution in [0.4, 0.5) is 10.1 Å². The molecule has 0 spiro atoms. The second kappa shape index (κ2) is 6.54. The van der Waals surface area contributed by atoms with E-state index >= 15 is 0 Å². The Labute approximate surface area is 120 Å². The van der Waals surface area contributed by atoms with Gasteiger partial charge in [-0.05, 0) is 57.0 Å². The molecule has 0 aromatic heterocycles. The fourth-order valence-corrected chi connectivity index (χ4v) is 4.51. The van der Waals surface area contributed by atoms with Gasteiger partial charge in [0.1, 0.15) is 5.82 Å². The van der Waals surface area contributed by atoms with Gasteiger partial charge < -0.3 is 5.32 Å². The van der Waals surface area contributed by atoms with E-state index in [1.54, 1.807) is 13.0 Å². The van der Waals surface area contributed by atoms with Crippen molar-refractivity contribution in [3.05, 3.63) is 30.1 Å². The Balaban J connectivity index is 2.16. The molecule has 20 heavy (non-hydrogen) atoms. The maximum atomic E-state index is 13.3. The lowest BCUT2D eigenvalue weighted by Gasteiger charge is -2.28. The van der Waals surface area contributed by atoms with Crippen LogP contribution in [0, 0.1) is 11.7 Å². The summed E-state index contributed by atoms with van der Waals surface area (Å²) >= 11 is 0. The van der Waals surface area contributed by atoms with Gasteiger partial charge in [0.05, 0.1) is 11.4 Å². The van der Waals surface area contributed by atoms with Crippen molar-refractivity contribution in [3.63, 3.8) is 0 Å². The van der Waals surface area contributed by atoms with Crippen molar-refractivity contribution in [1.29, 1.82) is 0 Å². The van der Waals surface area contributed by atoms with Crippen LogP contribution in [0.25, 0.3) is 0 Å². The monoisotopic (exact) mass is 300 g/mol. The Morgan fingerprint density at radius 1 is 1.45 bits per heavy atom. The number of halogens is 1. The summed E-state index contributed by atoms with van der Waals surface area (Å²) in [5.41, 5.74) is 0.399. The van der Waals surface area contributed by atoms with Crippen LogP contribution in [0.5, 0.6) is 0 Å². The van der Waals surface area contributed by atoms with Gasteiger partial charge in [-0.25, -0.2) is 12.8 Å². The Hall–Kier alpha value is -1.14. The Kier molecular flexibility index (Phi) is 4.99. The second-order valence-corrected chi connectivity index (χ2v) is 7.07. The topological polar surface area (TPSA) is 49.4 Å². The Bertz CT molecular complexity index is 542. The van der Waals surface area contributed by atoms with Crippen LogP contribution in [0.15, 0.2) is 24.3 Å². The summed E-state index contributed by atoms with van der Waals surface area (Å²) in [4.78, 5) is 0. The molecule has 0 radical (unpaired) electrons. The molecule has 1 aromatic rings. The minimum absolute atomic E-state index is 0.115. The largest absolute Gasteiger partial charge is 0.316 e. The highest BCUT2D eigenvalue weighted by atomic mass is 32.2. The SMILES string of the molecule is CCN(c1cccc(F)c1)S(=O)(=O)CC1CCCNC1. The minimum Gasteiger partial charge on any atom is -0.316 e. The quantitative estimate of drug-likeness (QED) is 0.904. The van der Waals surface area contributed by atoms with Crippen molar-refractivity contribution in [1.82, 2.24) is 5.32 Å². The van der Waals surface area contributed by atoms with Crippen LogP contribution in [0.2, 0.25) is 0 Å². The van der Waals surface area contributed by atoms with Crippen molar-refractivity contribution < 1.29 is 12.8 Å². The lowest BCUT2D eigenvalue weighted by Crippen LogP contribution is -2.40. The first-order chi connectivity index (χ1) is 9.53. The number of hydrogen-bond acceptors (Lipinski definition) is 3. The first kappa shape index (κ1) is 15.3. The number of benzene rings is 1. The molecule has 1 aromatic carbocycles. The van der Waals surface area contributed by atoms with Gasteiger partial charge in [0.25, 0.3) is 0 Å². The van der Waals surface area contributed by atoms with Crippen molar-refractivity contribution in [2.24, 2.45) is 5.92 Å². The summed E-state index contributed by atoms with van der Waals surface area (Å²) in [5, 5.41) is 3.22. The maximum Gasteiger partial charge on any atom is 0.235 e. The molecule has 4 nitrogen and oxygen atoms in total. The molecule has 1 aliphatic heterocycles. The molecule has 1 heterocycles. The van der Waals surface area contributed by atoms with Gasteiger partial charge in [-0.15, -0.1) is 0 Å². The molecule has 6 heteroatoms. The number of nitrogens with zero attached hydrogens (tertiary/aromatic N) is 1. The molecule has 2 rings (SSSR count). The van der Waals surface area contributed by atoms with Crippen LogP contribution in [0.1, 0.15) is 19.8 Å². The molecule has 1 N–H and O–H groups in total. The van der Waals surface area contributed by atoms with Crippen LogP contribution in [-0.2, 0) is 10.0 Å². The molecule has 0 saturated carbocycles. The van der Waals surface area contributed by atoms with E-state index in [9.17, 15) is 12.8 Å². The van der Waals surface area contributed by atoms with Crippen molar-refractivity contribution in [2.75, 3.05) is 29.7 Å². The van der Waals surface area contributed by atoms with E-state index < -0.39 is 15.8 Å². The van der Waals surface area contributed by atoms with Crippen LogP contribution in [0.3, 0.4) is 0 Å². The molecule has 1 saturated heterocycles. The predicted molar refractivity (Wildman–Crippen MR) is 78.8 cm³/mol. The summed E-state index contributed by atoms with van der Waals surface area (Å²) < 4.78 is 39.6. The van der Waals surface area contributed by atoms with E-state index in [1.807, 2.05) is 0 Å². The number of piperidine rings is 1. The van der Waals surface area contributed by atoms with Crippen LogP contribution < -0.4 is 9.62 Å². The number of anilines is 1. The van der Waals surface area contributed by atoms with E-state index in [0.717, 1.165) is 25.9 Å². The molecule has 0 bridgehead atoms. The molecular formula is C14H21FN2O2S. The standard InChI is InChI=1S/C14H21FN2O2S/c1-2-17(14-7-3-6-13(15)9-14)20(18,19)11-12-5-4-8-16-10-12/h3,6-7,9,12,16H,2,4-5,8,10-11H2,1H3. The zero-order valence-electron chi connectivity index (χ0n) is 11.7. The van der Waals surface area contributed by atoms with E-state index in [4.69, 9.17) is 0 Å². The summed E-state index contributed by atoms with van der Waals surface area (Å²) in [6, 6.07) is 5.74. The molecule has 1 unspecified atom stereocenters. The zero-order chi connectivity index (χ0) is 14.6. The van der Waals surface area contributed by atoms with Gasteiger partial charge in [-0.3, -0.25) is 4.31 Å². The lowest BCUT2D eigenvalue weighted by molar-refractivity contribution is 0.403. The second-order valence-electron chi connectivity index (χ2n) is 5.14. The Morgan fingerprint density at radius 3 is 2.85 bits per heavy atom. The van der Waals surface area contributed by atoms with Gasteiger partial charge in [0.2, 0.25) is 10.0 Å². The smallest absolute Gasteiger partial charge is 0.235 e. The molecule has 1 fully saturated rings. The highest BCUT2D eigenvalue weighted by molar-refractivity contribution is 7.92. The van der Waals surface area contributed by atoms with Gasteiger partial charge in [0, 0.05) is 6.54 Å². The van der Waals surface area contributed by atoms with E-state index in [0.29, 0.717) is 12.2 Å². The molecule has 1 atom stereocenters. The third kappa shape index (κ3) is 3.70. The first-order valence-corrected chi connectivity index (χ1v) is 8.60. The summed E-state index contributed by atoms with van der Waals surface area (Å²) in [6.45, 7) is 3.77. The molecule has 0 aliphatic carbocycles. The summed E-state index contributed by atoms with van der Waals surface area (Å²) in [5.74, 6) is -0.170.